The van der Waals surface area contributed by atoms with Gasteiger partial charge < -0.3 is 14.7 Å². The van der Waals surface area contributed by atoms with Crippen LogP contribution in [0.5, 0.6) is 0 Å². The van der Waals surface area contributed by atoms with Crippen LogP contribution in [-0.2, 0) is 9.53 Å². The normalized spacial score (nSPS) is 17.4. The fourth-order valence-electron chi connectivity index (χ4n) is 2.77. The second kappa shape index (κ2) is 7.60. The van der Waals surface area contributed by atoms with Crippen LogP contribution >= 0.6 is 0 Å². The van der Waals surface area contributed by atoms with Gasteiger partial charge in [-0.05, 0) is 32.9 Å². The van der Waals surface area contributed by atoms with Crippen LogP contribution in [0.15, 0.2) is 18.2 Å². The molecule has 1 atom stereocenters. The molecule has 146 valence electrons. The van der Waals surface area contributed by atoms with Crippen molar-refractivity contribution in [1.29, 1.82) is 0 Å². The van der Waals surface area contributed by atoms with E-state index in [0.29, 0.717) is 6.29 Å². The summed E-state index contributed by atoms with van der Waals surface area (Å²) in [6.45, 7) is 5.01. The molecule has 1 amide bonds. The van der Waals surface area contributed by atoms with Crippen LogP contribution in [0.4, 0.5) is 16.2 Å². The van der Waals surface area contributed by atoms with Crippen molar-refractivity contribution in [2.75, 3.05) is 24.5 Å². The van der Waals surface area contributed by atoms with E-state index in [1.54, 1.807) is 20.8 Å². The molecule has 0 radical (unpaired) electrons. The molecule has 1 N–H and O–H groups in total. The smallest absolute Gasteiger partial charge is 0.411 e. The summed E-state index contributed by atoms with van der Waals surface area (Å²) >= 11 is 0. The molecule has 1 heterocycles. The number of nitro groups is 1. The predicted octanol–water partition coefficient (Wildman–Crippen LogP) is 1.92. The molecule has 1 unspecified atom stereocenters. The van der Waals surface area contributed by atoms with Crippen LogP contribution in [0.1, 0.15) is 31.1 Å². The maximum absolute atomic E-state index is 12.3. The molecular formula is C17H21N3O7. The first-order chi connectivity index (χ1) is 12.5. The fourth-order valence-corrected chi connectivity index (χ4v) is 2.77. The second-order valence-corrected chi connectivity index (χ2v) is 7.10. The van der Waals surface area contributed by atoms with E-state index in [2.05, 4.69) is 0 Å². The molecule has 1 aliphatic rings. The molecule has 1 saturated heterocycles. The van der Waals surface area contributed by atoms with E-state index in [-0.39, 0.29) is 36.6 Å². The number of ether oxygens (including phenoxy) is 1. The van der Waals surface area contributed by atoms with Gasteiger partial charge in [0.1, 0.15) is 23.6 Å². The summed E-state index contributed by atoms with van der Waals surface area (Å²) < 4.78 is 5.25. The maximum Gasteiger partial charge on any atom is 0.411 e. The number of piperazine rings is 1. The van der Waals surface area contributed by atoms with E-state index in [9.17, 15) is 29.6 Å². The Morgan fingerprint density at radius 1 is 1.33 bits per heavy atom. The molecule has 0 bridgehead atoms. The zero-order valence-electron chi connectivity index (χ0n) is 15.2. The first kappa shape index (κ1) is 20.1. The lowest BCUT2D eigenvalue weighted by Gasteiger charge is -2.40. The number of carboxylic acid groups (broad SMARTS) is 1. The summed E-state index contributed by atoms with van der Waals surface area (Å²) in [6.07, 6.45) is -0.204. The molecular weight excluding hydrogens is 358 g/mol. The van der Waals surface area contributed by atoms with Crippen LogP contribution in [0, 0.1) is 10.1 Å². The van der Waals surface area contributed by atoms with Crippen LogP contribution in [0.2, 0.25) is 0 Å². The summed E-state index contributed by atoms with van der Waals surface area (Å²) in [6, 6.07) is 2.62. The third kappa shape index (κ3) is 4.72. The second-order valence-electron chi connectivity index (χ2n) is 7.10. The molecule has 1 fully saturated rings. The van der Waals surface area contributed by atoms with E-state index in [0.717, 1.165) is 4.90 Å². The number of aldehydes is 1. The van der Waals surface area contributed by atoms with Gasteiger partial charge in [-0.15, -0.1) is 0 Å². The molecule has 2 rings (SSSR count). The van der Waals surface area contributed by atoms with Crippen LogP contribution in [0.3, 0.4) is 0 Å². The van der Waals surface area contributed by atoms with Gasteiger partial charge in [0.2, 0.25) is 0 Å². The van der Waals surface area contributed by atoms with Crippen molar-refractivity contribution in [1.82, 2.24) is 4.90 Å². The molecule has 27 heavy (non-hydrogen) atoms. The number of carbonyl (C=O) groups excluding carboxylic acids is 2. The Labute approximate surface area is 155 Å². The maximum atomic E-state index is 12.3. The highest BCUT2D eigenvalue weighted by atomic mass is 16.6. The molecule has 0 aromatic heterocycles. The largest absolute Gasteiger partial charge is 0.480 e. The summed E-state index contributed by atoms with van der Waals surface area (Å²) in [5.74, 6) is -1.25. The van der Waals surface area contributed by atoms with Crippen molar-refractivity contribution in [2.45, 2.75) is 32.4 Å². The average molecular weight is 379 g/mol. The molecule has 1 aromatic rings. The van der Waals surface area contributed by atoms with Gasteiger partial charge in [0.25, 0.3) is 5.69 Å². The monoisotopic (exact) mass is 379 g/mol. The number of carboxylic acids is 1. The van der Waals surface area contributed by atoms with E-state index >= 15 is 0 Å². The lowest BCUT2D eigenvalue weighted by molar-refractivity contribution is -0.384. The third-order valence-corrected chi connectivity index (χ3v) is 3.97. The Kier molecular flexibility index (Phi) is 5.67. The van der Waals surface area contributed by atoms with E-state index < -0.39 is 28.6 Å². The number of hydrogen-bond donors (Lipinski definition) is 1. The number of carbonyl (C=O) groups is 3. The van der Waals surface area contributed by atoms with Crippen molar-refractivity contribution >= 4 is 29.7 Å². The SMILES string of the molecule is CC(C)(C)OC(=O)N1CCN(c2cc(C=O)ccc2[N+](=O)[O-])CC1C(=O)O. The van der Waals surface area contributed by atoms with Gasteiger partial charge >= 0.3 is 12.1 Å². The zero-order valence-corrected chi connectivity index (χ0v) is 15.2. The van der Waals surface area contributed by atoms with E-state index in [1.165, 1.54) is 23.1 Å². The summed E-state index contributed by atoms with van der Waals surface area (Å²) in [5, 5.41) is 20.8. The van der Waals surface area contributed by atoms with Gasteiger partial charge in [0.05, 0.1) is 4.92 Å². The molecule has 0 saturated carbocycles. The van der Waals surface area contributed by atoms with Gasteiger partial charge in [-0.2, -0.15) is 0 Å². The highest BCUT2D eigenvalue weighted by Gasteiger charge is 2.39. The van der Waals surface area contributed by atoms with Gasteiger partial charge in [-0.25, -0.2) is 9.59 Å². The van der Waals surface area contributed by atoms with Crippen LogP contribution in [0.25, 0.3) is 0 Å². The summed E-state index contributed by atoms with van der Waals surface area (Å²) in [5.41, 5.74) is -0.652. The quantitative estimate of drug-likeness (QED) is 0.477. The third-order valence-electron chi connectivity index (χ3n) is 3.97. The van der Waals surface area contributed by atoms with Gasteiger partial charge in [-0.3, -0.25) is 19.8 Å². The van der Waals surface area contributed by atoms with Crippen molar-refractivity contribution in [2.24, 2.45) is 0 Å². The Morgan fingerprint density at radius 2 is 2.00 bits per heavy atom. The van der Waals surface area contributed by atoms with Gasteiger partial charge in [0, 0.05) is 31.3 Å². The molecule has 10 heteroatoms. The summed E-state index contributed by atoms with van der Waals surface area (Å²) in [4.78, 5) is 48.3. The van der Waals surface area contributed by atoms with Crippen LogP contribution < -0.4 is 4.90 Å². The highest BCUT2D eigenvalue weighted by molar-refractivity contribution is 5.83. The van der Waals surface area contributed by atoms with Crippen molar-refractivity contribution in [3.8, 4) is 0 Å². The topological polar surface area (TPSA) is 130 Å². The Morgan fingerprint density at radius 3 is 2.52 bits per heavy atom. The molecule has 10 nitrogen and oxygen atoms in total. The van der Waals surface area contributed by atoms with Crippen molar-refractivity contribution in [3.63, 3.8) is 0 Å². The number of rotatable bonds is 4. The fraction of sp³-hybridized carbons (Fsp3) is 0.471. The lowest BCUT2D eigenvalue weighted by Crippen LogP contribution is -2.59. The molecule has 1 aromatic carbocycles. The van der Waals surface area contributed by atoms with E-state index in [1.807, 2.05) is 0 Å². The first-order valence-corrected chi connectivity index (χ1v) is 8.24. The van der Waals surface area contributed by atoms with E-state index in [4.69, 9.17) is 4.74 Å². The average Bonchev–Trinajstić information content (AvgIpc) is 2.58. The number of hydrogen-bond acceptors (Lipinski definition) is 7. The van der Waals surface area contributed by atoms with Crippen LogP contribution in [-0.4, -0.2) is 64.6 Å². The number of benzene rings is 1. The summed E-state index contributed by atoms with van der Waals surface area (Å²) in [7, 11) is 0. The minimum Gasteiger partial charge on any atom is -0.480 e. The molecule has 1 aliphatic heterocycles. The standard InChI is InChI=1S/C17H21N3O7/c1-17(2,3)27-16(24)19-7-6-18(9-14(19)15(22)23)13-8-11(10-21)4-5-12(13)20(25)26/h4-5,8,10,14H,6-7,9H2,1-3H3,(H,22,23). The zero-order chi connectivity index (χ0) is 20.4. The Hall–Kier alpha value is -3.17. The number of nitro benzene ring substituents is 1. The minimum atomic E-state index is -1.25. The van der Waals surface area contributed by atoms with Crippen molar-refractivity contribution in [3.05, 3.63) is 33.9 Å². The van der Waals surface area contributed by atoms with Gasteiger partial charge in [0.15, 0.2) is 0 Å². The number of aliphatic carboxylic acids is 1. The molecule has 0 aliphatic carbocycles. The van der Waals surface area contributed by atoms with Crippen molar-refractivity contribution < 1.29 is 29.2 Å². The number of nitrogens with zero attached hydrogens (tertiary/aromatic N) is 3. The predicted molar refractivity (Wildman–Crippen MR) is 95.1 cm³/mol. The number of amides is 1. The Bertz CT molecular complexity index is 772. The highest BCUT2D eigenvalue weighted by Crippen LogP contribution is 2.31. The first-order valence-electron chi connectivity index (χ1n) is 8.24. The lowest BCUT2D eigenvalue weighted by atomic mass is 10.1. The minimum absolute atomic E-state index is 0.00828. The van der Waals surface area contributed by atoms with Gasteiger partial charge in [-0.1, -0.05) is 0 Å². The Balaban J connectivity index is 2.32. The number of anilines is 1. The molecule has 0 spiro atoms.